The van der Waals surface area contributed by atoms with Crippen LogP contribution in [0.15, 0.2) is 103 Å². The normalized spacial score (nSPS) is 11.5. The van der Waals surface area contributed by atoms with Crippen LogP contribution in [0.25, 0.3) is 0 Å². The van der Waals surface area contributed by atoms with Gasteiger partial charge < -0.3 is 10.2 Å². The van der Waals surface area contributed by atoms with Gasteiger partial charge in [-0.25, -0.2) is 14.4 Å². The Morgan fingerprint density at radius 3 is 2.04 bits per heavy atom. The fourth-order valence-corrected chi connectivity index (χ4v) is 5.18. The second-order valence-corrected chi connectivity index (χ2v) is 12.1. The van der Waals surface area contributed by atoms with Crippen LogP contribution in [-0.2, 0) is 17.9 Å². The van der Waals surface area contributed by atoms with Gasteiger partial charge in [0.2, 0.25) is 5.91 Å². The van der Waals surface area contributed by atoms with Gasteiger partial charge in [-0.3, -0.25) is 4.79 Å². The van der Waals surface area contributed by atoms with Crippen molar-refractivity contribution in [3.05, 3.63) is 158 Å². The molecule has 1 amide bonds. The summed E-state index contributed by atoms with van der Waals surface area (Å²) >= 11 is 12.3. The smallest absolute Gasteiger partial charge is 0.247 e. The summed E-state index contributed by atoms with van der Waals surface area (Å²) in [5.74, 6) is 7.01. The minimum Gasteiger partial charge on any atom is -0.350 e. The highest BCUT2D eigenvalue weighted by atomic mass is 35.5. The third-order valence-corrected chi connectivity index (χ3v) is 7.88. The lowest BCUT2D eigenvalue weighted by molar-refractivity contribution is -0.122. The molecule has 4 aromatic carbocycles. The van der Waals surface area contributed by atoms with Gasteiger partial charge in [0, 0.05) is 34.6 Å². The Morgan fingerprint density at radius 1 is 0.826 bits per heavy atom. The predicted molar refractivity (Wildman–Crippen MR) is 183 cm³/mol. The maximum atomic E-state index is 14.3. The van der Waals surface area contributed by atoms with E-state index in [1.165, 1.54) is 12.1 Å². The standard InChI is InChI=1S/C38H33Cl2FN4O/c1-25(2)36-43-26(3)34(22-13-27-7-5-4-6-8-27)37(44-36)45(24-29-11-18-32(40)19-12-29)35(30-14-20-33(41)21-15-30)38(46)42-23-28-9-16-31(39)17-10-28/h4-12,14-21,25,35H,23-24H2,1-3H3,(H,42,46). The monoisotopic (exact) mass is 650 g/mol. The zero-order valence-corrected chi connectivity index (χ0v) is 27.3. The molecular formula is C38H33Cl2FN4O. The summed E-state index contributed by atoms with van der Waals surface area (Å²) in [4.78, 5) is 26.1. The Kier molecular flexibility index (Phi) is 10.7. The summed E-state index contributed by atoms with van der Waals surface area (Å²) in [6.07, 6.45) is 0. The molecule has 0 radical (unpaired) electrons. The van der Waals surface area contributed by atoms with E-state index >= 15 is 0 Å². The van der Waals surface area contributed by atoms with Crippen molar-refractivity contribution < 1.29 is 9.18 Å². The summed E-state index contributed by atoms with van der Waals surface area (Å²) in [6, 6.07) is 29.5. The quantitative estimate of drug-likeness (QED) is 0.162. The molecule has 0 saturated carbocycles. The highest BCUT2D eigenvalue weighted by molar-refractivity contribution is 6.30. The van der Waals surface area contributed by atoms with Gasteiger partial charge in [0.05, 0.1) is 11.3 Å². The van der Waals surface area contributed by atoms with Crippen molar-refractivity contribution in [1.29, 1.82) is 0 Å². The summed E-state index contributed by atoms with van der Waals surface area (Å²) in [5, 5.41) is 4.29. The number of aryl methyl sites for hydroxylation is 1. The first kappa shape index (κ1) is 32.7. The summed E-state index contributed by atoms with van der Waals surface area (Å²) in [7, 11) is 0. The maximum Gasteiger partial charge on any atom is 0.247 e. The molecule has 5 rings (SSSR count). The van der Waals surface area contributed by atoms with E-state index in [0.29, 0.717) is 38.5 Å². The van der Waals surface area contributed by atoms with Crippen molar-refractivity contribution in [2.45, 2.75) is 45.8 Å². The summed E-state index contributed by atoms with van der Waals surface area (Å²) in [5.41, 5.74) is 4.49. The average molecular weight is 652 g/mol. The lowest BCUT2D eigenvalue weighted by atomic mass is 10.0. The molecule has 5 aromatic rings. The number of nitrogens with zero attached hydrogens (tertiary/aromatic N) is 3. The number of benzene rings is 4. The van der Waals surface area contributed by atoms with Crippen LogP contribution in [0, 0.1) is 24.6 Å². The topological polar surface area (TPSA) is 58.1 Å². The molecule has 0 spiro atoms. The number of nitrogens with one attached hydrogen (secondary N) is 1. The highest BCUT2D eigenvalue weighted by Crippen LogP contribution is 2.33. The molecule has 0 fully saturated rings. The van der Waals surface area contributed by atoms with Crippen LogP contribution in [0.1, 0.15) is 65.1 Å². The Morgan fingerprint density at radius 2 is 1.43 bits per heavy atom. The first-order chi connectivity index (χ1) is 22.2. The molecule has 0 aliphatic carbocycles. The van der Waals surface area contributed by atoms with E-state index in [2.05, 4.69) is 17.2 Å². The molecule has 0 saturated heterocycles. The van der Waals surface area contributed by atoms with E-state index in [9.17, 15) is 9.18 Å². The second-order valence-electron chi connectivity index (χ2n) is 11.2. The molecule has 1 unspecified atom stereocenters. The summed E-state index contributed by atoms with van der Waals surface area (Å²) < 4.78 is 14.2. The molecule has 0 aliphatic rings. The fourth-order valence-electron chi connectivity index (χ4n) is 4.93. The number of anilines is 1. The Balaban J connectivity index is 1.69. The van der Waals surface area contributed by atoms with Crippen molar-refractivity contribution >= 4 is 34.9 Å². The number of rotatable bonds is 9. The van der Waals surface area contributed by atoms with E-state index in [0.717, 1.165) is 16.7 Å². The second kappa shape index (κ2) is 15.1. The maximum absolute atomic E-state index is 14.3. The molecule has 0 bridgehead atoms. The Labute approximate surface area is 279 Å². The SMILES string of the molecule is Cc1nc(C(C)C)nc(N(Cc2ccc(Cl)cc2)C(C(=O)NCc2ccc(Cl)cc2)c2ccc(F)cc2)c1C#Cc1ccccc1. The van der Waals surface area contributed by atoms with Gasteiger partial charge >= 0.3 is 0 Å². The third kappa shape index (κ3) is 8.31. The van der Waals surface area contributed by atoms with Crippen molar-refractivity contribution in [3.63, 3.8) is 0 Å². The molecule has 1 N–H and O–H groups in total. The Hall–Kier alpha value is -4.70. The van der Waals surface area contributed by atoms with Crippen LogP contribution in [0.4, 0.5) is 10.2 Å². The van der Waals surface area contributed by atoms with E-state index in [1.54, 1.807) is 24.3 Å². The lowest BCUT2D eigenvalue weighted by Gasteiger charge is -2.34. The van der Waals surface area contributed by atoms with Crippen molar-refractivity contribution in [1.82, 2.24) is 15.3 Å². The molecule has 1 heterocycles. The van der Waals surface area contributed by atoms with Gasteiger partial charge in [0.25, 0.3) is 0 Å². The van der Waals surface area contributed by atoms with Gasteiger partial charge in [-0.05, 0) is 72.1 Å². The van der Waals surface area contributed by atoms with Gasteiger partial charge in [0.1, 0.15) is 23.5 Å². The van der Waals surface area contributed by atoms with Crippen molar-refractivity contribution in [2.75, 3.05) is 4.90 Å². The lowest BCUT2D eigenvalue weighted by Crippen LogP contribution is -2.41. The number of aromatic nitrogens is 2. The van der Waals surface area contributed by atoms with Crippen LogP contribution < -0.4 is 10.2 Å². The first-order valence-electron chi connectivity index (χ1n) is 14.9. The van der Waals surface area contributed by atoms with E-state index in [-0.39, 0.29) is 24.9 Å². The number of hydrogen-bond acceptors (Lipinski definition) is 4. The summed E-state index contributed by atoms with van der Waals surface area (Å²) in [6.45, 7) is 6.49. The van der Waals surface area contributed by atoms with Gasteiger partial charge in [-0.1, -0.05) is 103 Å². The van der Waals surface area contributed by atoms with Crippen molar-refractivity contribution in [3.8, 4) is 11.8 Å². The first-order valence-corrected chi connectivity index (χ1v) is 15.7. The number of carbonyl (C=O) groups is 1. The molecule has 0 aliphatic heterocycles. The van der Waals surface area contributed by atoms with Crippen LogP contribution in [0.5, 0.6) is 0 Å². The van der Waals surface area contributed by atoms with E-state index in [4.69, 9.17) is 33.2 Å². The molecule has 5 nitrogen and oxygen atoms in total. The average Bonchev–Trinajstić information content (AvgIpc) is 3.05. The van der Waals surface area contributed by atoms with Crippen molar-refractivity contribution in [2.24, 2.45) is 0 Å². The molecular weight excluding hydrogens is 618 g/mol. The molecule has 1 aromatic heterocycles. The molecule has 1 atom stereocenters. The van der Waals surface area contributed by atoms with Crippen LogP contribution in [-0.4, -0.2) is 15.9 Å². The zero-order chi connectivity index (χ0) is 32.6. The minimum atomic E-state index is -0.907. The van der Waals surface area contributed by atoms with Gasteiger partial charge in [-0.2, -0.15) is 0 Å². The number of halogens is 3. The minimum absolute atomic E-state index is 0.00830. The highest BCUT2D eigenvalue weighted by Gasteiger charge is 2.32. The third-order valence-electron chi connectivity index (χ3n) is 7.37. The predicted octanol–water partition coefficient (Wildman–Crippen LogP) is 8.82. The molecule has 8 heteroatoms. The number of amides is 1. The van der Waals surface area contributed by atoms with Crippen LogP contribution in [0.3, 0.4) is 0 Å². The number of carbonyl (C=O) groups excluding carboxylic acids is 1. The van der Waals surface area contributed by atoms with Gasteiger partial charge in [0.15, 0.2) is 0 Å². The largest absolute Gasteiger partial charge is 0.350 e. The molecule has 46 heavy (non-hydrogen) atoms. The molecule has 232 valence electrons. The zero-order valence-electron chi connectivity index (χ0n) is 25.8. The van der Waals surface area contributed by atoms with E-state index in [1.807, 2.05) is 92.4 Å². The van der Waals surface area contributed by atoms with Crippen LogP contribution in [0.2, 0.25) is 10.0 Å². The van der Waals surface area contributed by atoms with Crippen LogP contribution >= 0.6 is 23.2 Å². The van der Waals surface area contributed by atoms with E-state index < -0.39 is 11.9 Å². The Bertz CT molecular complexity index is 1850. The number of hydrogen-bond donors (Lipinski definition) is 1. The fraction of sp³-hybridized carbons (Fsp3) is 0.184. The van der Waals surface area contributed by atoms with Gasteiger partial charge in [-0.15, -0.1) is 0 Å².